The van der Waals surface area contributed by atoms with Gasteiger partial charge in [0.05, 0.1) is 29.2 Å². The summed E-state index contributed by atoms with van der Waals surface area (Å²) < 4.78 is 24.5. The molecule has 0 bridgehead atoms. The quantitative estimate of drug-likeness (QED) is 0.734. The molecule has 30 heavy (non-hydrogen) atoms. The van der Waals surface area contributed by atoms with Crippen LogP contribution in [0.1, 0.15) is 37.3 Å². The molecule has 0 fully saturated rings. The molecule has 1 aliphatic rings. The van der Waals surface area contributed by atoms with Crippen LogP contribution in [0.4, 0.5) is 5.69 Å². The van der Waals surface area contributed by atoms with Crippen LogP contribution in [0.3, 0.4) is 0 Å². The number of hydrogen-bond acceptors (Lipinski definition) is 5. The molecule has 0 radical (unpaired) electrons. The summed E-state index contributed by atoms with van der Waals surface area (Å²) in [5, 5.41) is 11.7. The number of fused-ring (bicyclic) bond motifs is 1. The van der Waals surface area contributed by atoms with Gasteiger partial charge in [0.25, 0.3) is 0 Å². The second kappa shape index (κ2) is 9.55. The highest BCUT2D eigenvalue weighted by Gasteiger charge is 2.30. The fourth-order valence-corrected chi connectivity index (χ4v) is 5.15. The van der Waals surface area contributed by atoms with Crippen molar-refractivity contribution < 1.29 is 18.0 Å². The molecule has 1 aliphatic heterocycles. The van der Waals surface area contributed by atoms with Gasteiger partial charge in [0.1, 0.15) is 0 Å². The Kier molecular flexibility index (Phi) is 6.85. The van der Waals surface area contributed by atoms with Crippen molar-refractivity contribution >= 4 is 27.3 Å². The lowest BCUT2D eigenvalue weighted by Crippen LogP contribution is -2.36. The van der Waals surface area contributed by atoms with E-state index < -0.39 is 15.9 Å². The van der Waals surface area contributed by atoms with Crippen molar-refractivity contribution in [2.24, 2.45) is 0 Å². The number of nitrogens with zero attached hydrogens (tertiary/aromatic N) is 2. The molecule has 3 rings (SSSR count). The summed E-state index contributed by atoms with van der Waals surface area (Å²) in [6.45, 7) is 0.259. The van der Waals surface area contributed by atoms with Gasteiger partial charge >= 0.3 is 0 Å². The number of carbonyl (C=O) groups is 2. The second-order valence-corrected chi connectivity index (χ2v) is 9.13. The number of para-hydroxylation sites is 1. The number of amides is 2. The lowest BCUT2D eigenvalue weighted by Gasteiger charge is -2.26. The van der Waals surface area contributed by atoms with Gasteiger partial charge in [0.15, 0.2) is 9.84 Å². The Bertz CT molecular complexity index is 1060. The minimum Gasteiger partial charge on any atom is -0.349 e. The Morgan fingerprint density at radius 1 is 1.07 bits per heavy atom. The van der Waals surface area contributed by atoms with E-state index in [0.717, 1.165) is 0 Å². The maximum Gasteiger partial charge on any atom is 0.227 e. The van der Waals surface area contributed by atoms with E-state index in [1.165, 1.54) is 4.90 Å². The van der Waals surface area contributed by atoms with E-state index in [1.807, 2.05) is 24.3 Å². The molecule has 8 heteroatoms. The number of nitrogens with one attached hydrogen (secondary N) is 1. The summed E-state index contributed by atoms with van der Waals surface area (Å²) in [7, 11) is -3.33. The zero-order valence-corrected chi connectivity index (χ0v) is 17.3. The monoisotopic (exact) mass is 425 g/mol. The van der Waals surface area contributed by atoms with Crippen molar-refractivity contribution in [3.8, 4) is 6.07 Å². The highest BCUT2D eigenvalue weighted by atomic mass is 32.2. The zero-order valence-electron chi connectivity index (χ0n) is 16.5. The molecule has 1 heterocycles. The number of sulfone groups is 1. The van der Waals surface area contributed by atoms with E-state index in [9.17, 15) is 18.0 Å². The van der Waals surface area contributed by atoms with E-state index in [4.69, 9.17) is 5.26 Å². The molecule has 1 atom stereocenters. The van der Waals surface area contributed by atoms with Gasteiger partial charge in [-0.15, -0.1) is 0 Å². The summed E-state index contributed by atoms with van der Waals surface area (Å²) in [5.74, 6) is -0.571. The van der Waals surface area contributed by atoms with Crippen molar-refractivity contribution in [1.29, 1.82) is 5.26 Å². The molecule has 7 nitrogen and oxygen atoms in total. The number of carbonyl (C=O) groups excluding carboxylic acids is 2. The summed E-state index contributed by atoms with van der Waals surface area (Å²) in [5.41, 5.74) is 1.27. The standard InChI is InChI=1S/C22H23N3O4S/c23-14-6-15-25(17-7-2-1-3-8-17)22(27)12-11-21(26)24-19-13-16-30(28,29)20-10-5-4-9-18(19)20/h1-5,7-10,19H,6,11-13,15-16H2,(H,24,26). The van der Waals surface area contributed by atoms with Crippen LogP contribution < -0.4 is 10.2 Å². The highest BCUT2D eigenvalue weighted by Crippen LogP contribution is 2.31. The van der Waals surface area contributed by atoms with E-state index in [0.29, 0.717) is 17.7 Å². The highest BCUT2D eigenvalue weighted by molar-refractivity contribution is 7.91. The van der Waals surface area contributed by atoms with Crippen molar-refractivity contribution in [3.63, 3.8) is 0 Å². The fourth-order valence-electron chi connectivity index (χ4n) is 3.53. The van der Waals surface area contributed by atoms with E-state index in [2.05, 4.69) is 5.32 Å². The molecule has 1 unspecified atom stereocenters. The van der Waals surface area contributed by atoms with Crippen LogP contribution in [0.5, 0.6) is 0 Å². The number of hydrogen-bond donors (Lipinski definition) is 1. The van der Waals surface area contributed by atoms with Crippen LogP contribution in [0.25, 0.3) is 0 Å². The summed E-state index contributed by atoms with van der Waals surface area (Å²) in [6.07, 6.45) is 0.483. The van der Waals surface area contributed by atoms with Crippen molar-refractivity contribution in [1.82, 2.24) is 5.32 Å². The van der Waals surface area contributed by atoms with Crippen molar-refractivity contribution in [2.45, 2.75) is 36.6 Å². The Morgan fingerprint density at radius 2 is 1.77 bits per heavy atom. The minimum absolute atomic E-state index is 0.00117. The predicted octanol–water partition coefficient (Wildman–Crippen LogP) is 2.75. The fraction of sp³-hybridized carbons (Fsp3) is 0.318. The van der Waals surface area contributed by atoms with Crippen LogP contribution in [0.2, 0.25) is 0 Å². The molecular weight excluding hydrogens is 402 g/mol. The predicted molar refractivity (Wildman–Crippen MR) is 112 cm³/mol. The molecular formula is C22H23N3O4S. The first kappa shape index (κ1) is 21.5. The molecule has 0 aliphatic carbocycles. The molecule has 1 N–H and O–H groups in total. The summed E-state index contributed by atoms with van der Waals surface area (Å²) in [6, 6.07) is 17.3. The minimum atomic E-state index is -3.33. The zero-order chi connectivity index (χ0) is 21.6. The van der Waals surface area contributed by atoms with E-state index in [1.54, 1.807) is 36.4 Å². The average molecular weight is 426 g/mol. The van der Waals surface area contributed by atoms with Crippen LogP contribution in [0, 0.1) is 11.3 Å². The van der Waals surface area contributed by atoms with Crippen LogP contribution in [-0.2, 0) is 19.4 Å². The van der Waals surface area contributed by atoms with Crippen molar-refractivity contribution in [3.05, 3.63) is 60.2 Å². The maximum absolute atomic E-state index is 12.7. The smallest absolute Gasteiger partial charge is 0.227 e. The van der Waals surface area contributed by atoms with Gasteiger partial charge in [-0.05, 0) is 30.2 Å². The number of benzene rings is 2. The Labute approximate surface area is 176 Å². The third-order valence-electron chi connectivity index (χ3n) is 5.02. The Balaban J connectivity index is 1.63. The molecule has 0 saturated carbocycles. The van der Waals surface area contributed by atoms with E-state index >= 15 is 0 Å². The van der Waals surface area contributed by atoms with Gasteiger partial charge in [-0.3, -0.25) is 9.59 Å². The SMILES string of the molecule is N#CCCN(C(=O)CCC(=O)NC1CCS(=O)(=O)c2ccccc21)c1ccccc1. The van der Waals surface area contributed by atoms with Gasteiger partial charge in [-0.1, -0.05) is 36.4 Å². The molecule has 0 saturated heterocycles. The van der Waals surface area contributed by atoms with Crippen LogP contribution >= 0.6 is 0 Å². The van der Waals surface area contributed by atoms with Gasteiger partial charge in [0.2, 0.25) is 11.8 Å². The molecule has 0 spiro atoms. The molecule has 2 aromatic rings. The normalized spacial score (nSPS) is 16.7. The Morgan fingerprint density at radius 3 is 2.50 bits per heavy atom. The average Bonchev–Trinajstić information content (AvgIpc) is 2.75. The second-order valence-electron chi connectivity index (χ2n) is 7.05. The maximum atomic E-state index is 12.7. The molecule has 2 aromatic carbocycles. The van der Waals surface area contributed by atoms with Gasteiger partial charge in [-0.25, -0.2) is 8.42 Å². The third-order valence-corrected chi connectivity index (χ3v) is 6.84. The number of anilines is 1. The molecule has 156 valence electrons. The molecule has 2 amide bonds. The lowest BCUT2D eigenvalue weighted by molar-refractivity contribution is -0.125. The third kappa shape index (κ3) is 5.05. The summed E-state index contributed by atoms with van der Waals surface area (Å²) in [4.78, 5) is 26.9. The first-order valence-electron chi connectivity index (χ1n) is 9.76. The van der Waals surface area contributed by atoms with Crippen LogP contribution in [0.15, 0.2) is 59.5 Å². The van der Waals surface area contributed by atoms with Gasteiger partial charge in [-0.2, -0.15) is 5.26 Å². The topological polar surface area (TPSA) is 107 Å². The van der Waals surface area contributed by atoms with Crippen LogP contribution in [-0.4, -0.2) is 32.5 Å². The first-order valence-corrected chi connectivity index (χ1v) is 11.4. The largest absolute Gasteiger partial charge is 0.349 e. The van der Waals surface area contributed by atoms with E-state index in [-0.39, 0.29) is 48.3 Å². The first-order chi connectivity index (χ1) is 14.4. The van der Waals surface area contributed by atoms with Gasteiger partial charge in [0, 0.05) is 25.1 Å². The lowest BCUT2D eigenvalue weighted by atomic mass is 10.0. The Hall–Kier alpha value is -3.18. The number of rotatable bonds is 7. The molecule has 0 aromatic heterocycles. The summed E-state index contributed by atoms with van der Waals surface area (Å²) >= 11 is 0. The van der Waals surface area contributed by atoms with Crippen molar-refractivity contribution in [2.75, 3.05) is 17.2 Å². The number of nitriles is 1. The van der Waals surface area contributed by atoms with Gasteiger partial charge < -0.3 is 10.2 Å².